The first kappa shape index (κ1) is 9.59. The number of para-hydroxylation sites is 1. The molecule has 2 nitrogen and oxygen atoms in total. The quantitative estimate of drug-likeness (QED) is 0.708. The molecule has 3 heteroatoms. The van der Waals surface area contributed by atoms with Crippen molar-refractivity contribution in [2.24, 2.45) is 0 Å². The van der Waals surface area contributed by atoms with Crippen LogP contribution in [-0.4, -0.2) is 30.9 Å². The van der Waals surface area contributed by atoms with Crippen LogP contribution in [0.1, 0.15) is 10.4 Å². The third-order valence-corrected chi connectivity index (χ3v) is 3.85. The number of rotatable bonds is 3. The maximum absolute atomic E-state index is 10.8. The van der Waals surface area contributed by atoms with E-state index in [0.717, 1.165) is 17.5 Å². The normalized spacial score (nSPS) is 16.1. The topological polar surface area (TPSA) is 20.3 Å². The van der Waals surface area contributed by atoms with Crippen LogP contribution in [0.2, 0.25) is 0 Å². The Labute approximate surface area is 88.3 Å². The lowest BCUT2D eigenvalue weighted by molar-refractivity contribution is 0.112. The van der Waals surface area contributed by atoms with Crippen LogP contribution in [0.5, 0.6) is 0 Å². The monoisotopic (exact) mass is 207 g/mol. The van der Waals surface area contributed by atoms with Crippen molar-refractivity contribution in [3.05, 3.63) is 29.8 Å². The zero-order valence-corrected chi connectivity index (χ0v) is 8.96. The van der Waals surface area contributed by atoms with E-state index in [9.17, 15) is 4.79 Å². The van der Waals surface area contributed by atoms with Gasteiger partial charge >= 0.3 is 0 Å². The van der Waals surface area contributed by atoms with Crippen molar-refractivity contribution in [1.82, 2.24) is 0 Å². The summed E-state index contributed by atoms with van der Waals surface area (Å²) in [6.07, 6.45) is 0.928. The van der Waals surface area contributed by atoms with Crippen LogP contribution < -0.4 is 4.90 Å². The van der Waals surface area contributed by atoms with Gasteiger partial charge in [0.1, 0.15) is 0 Å². The minimum atomic E-state index is 0.598. The van der Waals surface area contributed by atoms with Gasteiger partial charge in [-0.25, -0.2) is 0 Å². The second-order valence-corrected chi connectivity index (χ2v) is 4.55. The Morgan fingerprint density at radius 1 is 1.43 bits per heavy atom. The summed E-state index contributed by atoms with van der Waals surface area (Å²) < 4.78 is 0. The van der Waals surface area contributed by atoms with E-state index >= 15 is 0 Å². The van der Waals surface area contributed by atoms with E-state index in [1.807, 2.05) is 36.0 Å². The van der Waals surface area contributed by atoms with Crippen molar-refractivity contribution < 1.29 is 4.79 Å². The Morgan fingerprint density at radius 2 is 2.14 bits per heavy atom. The van der Waals surface area contributed by atoms with Crippen LogP contribution in [0.15, 0.2) is 24.3 Å². The fourth-order valence-electron chi connectivity index (χ4n) is 1.55. The summed E-state index contributed by atoms with van der Waals surface area (Å²) in [5.74, 6) is 2.34. The first-order valence-corrected chi connectivity index (χ1v) is 5.83. The zero-order chi connectivity index (χ0) is 9.97. The lowest BCUT2D eigenvalue weighted by Crippen LogP contribution is -2.42. The predicted molar refractivity (Wildman–Crippen MR) is 61.3 cm³/mol. The average molecular weight is 207 g/mol. The van der Waals surface area contributed by atoms with Crippen LogP contribution in [-0.2, 0) is 0 Å². The summed E-state index contributed by atoms with van der Waals surface area (Å²) in [4.78, 5) is 13.0. The molecule has 0 radical (unpaired) electrons. The SMILES string of the molecule is CN(c1ccccc1C=O)C1CSC1. The zero-order valence-electron chi connectivity index (χ0n) is 8.14. The van der Waals surface area contributed by atoms with Gasteiger partial charge in [-0.2, -0.15) is 11.8 Å². The van der Waals surface area contributed by atoms with Gasteiger partial charge in [0.25, 0.3) is 0 Å². The van der Waals surface area contributed by atoms with Crippen LogP contribution in [0.25, 0.3) is 0 Å². The van der Waals surface area contributed by atoms with Crippen LogP contribution in [0, 0.1) is 0 Å². The largest absolute Gasteiger partial charge is 0.369 e. The smallest absolute Gasteiger partial charge is 0.152 e. The van der Waals surface area contributed by atoms with Crippen molar-refractivity contribution in [3.8, 4) is 0 Å². The molecule has 0 unspecified atom stereocenters. The summed E-state index contributed by atoms with van der Waals surface area (Å²) in [7, 11) is 2.06. The Hall–Kier alpha value is -0.960. The van der Waals surface area contributed by atoms with Gasteiger partial charge in [0, 0.05) is 35.8 Å². The van der Waals surface area contributed by atoms with Crippen molar-refractivity contribution in [2.75, 3.05) is 23.5 Å². The molecular weight excluding hydrogens is 194 g/mol. The van der Waals surface area contributed by atoms with Crippen molar-refractivity contribution in [1.29, 1.82) is 0 Å². The van der Waals surface area contributed by atoms with Gasteiger partial charge in [-0.3, -0.25) is 4.79 Å². The molecule has 2 rings (SSSR count). The number of aldehydes is 1. The molecule has 1 saturated heterocycles. The average Bonchev–Trinajstić information content (AvgIpc) is 2.15. The highest BCUT2D eigenvalue weighted by molar-refractivity contribution is 8.00. The maximum atomic E-state index is 10.8. The fraction of sp³-hybridized carbons (Fsp3) is 0.364. The molecule has 0 saturated carbocycles. The summed E-state index contributed by atoms with van der Waals surface area (Å²) in [5.41, 5.74) is 1.83. The standard InChI is InChI=1S/C11H13NOS/c1-12(10-7-14-8-10)11-5-3-2-4-9(11)6-13/h2-6,10H,7-8H2,1H3. The van der Waals surface area contributed by atoms with Gasteiger partial charge < -0.3 is 4.90 Å². The van der Waals surface area contributed by atoms with E-state index in [1.165, 1.54) is 11.5 Å². The van der Waals surface area contributed by atoms with Gasteiger partial charge in [0.2, 0.25) is 0 Å². The Kier molecular flexibility index (Phi) is 2.77. The molecule has 1 aliphatic heterocycles. The molecule has 0 aliphatic carbocycles. The molecule has 0 atom stereocenters. The minimum absolute atomic E-state index is 0.598. The van der Waals surface area contributed by atoms with Gasteiger partial charge in [-0.05, 0) is 12.1 Å². The molecule has 0 spiro atoms. The summed E-state index contributed by atoms with van der Waals surface area (Å²) in [6, 6.07) is 8.35. The number of carbonyl (C=O) groups excluding carboxylic acids is 1. The molecule has 1 aromatic carbocycles. The predicted octanol–water partition coefficient (Wildman–Crippen LogP) is 2.05. The van der Waals surface area contributed by atoms with E-state index in [4.69, 9.17) is 0 Å². The minimum Gasteiger partial charge on any atom is -0.369 e. The third kappa shape index (κ3) is 1.64. The summed E-state index contributed by atoms with van der Waals surface area (Å²) in [6.45, 7) is 0. The van der Waals surface area contributed by atoms with Crippen LogP contribution >= 0.6 is 11.8 Å². The molecule has 1 fully saturated rings. The Morgan fingerprint density at radius 3 is 2.71 bits per heavy atom. The van der Waals surface area contributed by atoms with Crippen molar-refractivity contribution in [2.45, 2.75) is 6.04 Å². The molecule has 1 aliphatic rings. The Bertz CT molecular complexity index is 336. The van der Waals surface area contributed by atoms with Gasteiger partial charge in [0.15, 0.2) is 6.29 Å². The molecule has 74 valence electrons. The van der Waals surface area contributed by atoms with Gasteiger partial charge in [-0.15, -0.1) is 0 Å². The molecule has 14 heavy (non-hydrogen) atoms. The molecule has 0 N–H and O–H groups in total. The highest BCUT2D eigenvalue weighted by Gasteiger charge is 2.23. The Balaban J connectivity index is 2.24. The van der Waals surface area contributed by atoms with Crippen molar-refractivity contribution >= 4 is 23.7 Å². The highest BCUT2D eigenvalue weighted by Crippen LogP contribution is 2.28. The van der Waals surface area contributed by atoms with Crippen LogP contribution in [0.4, 0.5) is 5.69 Å². The second-order valence-electron chi connectivity index (χ2n) is 3.48. The van der Waals surface area contributed by atoms with E-state index in [2.05, 4.69) is 11.9 Å². The highest BCUT2D eigenvalue weighted by atomic mass is 32.2. The number of thioether (sulfide) groups is 1. The van der Waals surface area contributed by atoms with Gasteiger partial charge in [-0.1, -0.05) is 12.1 Å². The number of hydrogen-bond donors (Lipinski definition) is 0. The number of anilines is 1. The first-order chi connectivity index (χ1) is 6.83. The third-order valence-electron chi connectivity index (χ3n) is 2.61. The number of nitrogens with zero attached hydrogens (tertiary/aromatic N) is 1. The second kappa shape index (κ2) is 4.05. The van der Waals surface area contributed by atoms with E-state index in [1.54, 1.807) is 0 Å². The summed E-state index contributed by atoms with van der Waals surface area (Å²) in [5, 5.41) is 0. The molecule has 1 heterocycles. The molecule has 1 aromatic rings. The van der Waals surface area contributed by atoms with Crippen LogP contribution in [0.3, 0.4) is 0 Å². The van der Waals surface area contributed by atoms with E-state index in [-0.39, 0.29) is 0 Å². The van der Waals surface area contributed by atoms with E-state index < -0.39 is 0 Å². The number of hydrogen-bond acceptors (Lipinski definition) is 3. The number of carbonyl (C=O) groups is 1. The lowest BCUT2D eigenvalue weighted by atomic mass is 10.1. The van der Waals surface area contributed by atoms with Crippen molar-refractivity contribution in [3.63, 3.8) is 0 Å². The maximum Gasteiger partial charge on any atom is 0.152 e. The molecular formula is C11H13NOS. The lowest BCUT2D eigenvalue weighted by Gasteiger charge is -2.36. The fourth-order valence-corrected chi connectivity index (χ4v) is 2.45. The summed E-state index contributed by atoms with van der Waals surface area (Å²) >= 11 is 1.95. The molecule has 0 bridgehead atoms. The molecule has 0 aromatic heterocycles. The molecule has 0 amide bonds. The van der Waals surface area contributed by atoms with Gasteiger partial charge in [0.05, 0.1) is 0 Å². The van der Waals surface area contributed by atoms with E-state index in [0.29, 0.717) is 6.04 Å². The first-order valence-electron chi connectivity index (χ1n) is 4.67. The number of benzene rings is 1.